The number of aliphatic hydroxyl groups is 1. The summed E-state index contributed by atoms with van der Waals surface area (Å²) in [6.07, 6.45) is 4.94. The van der Waals surface area contributed by atoms with Gasteiger partial charge in [-0.15, -0.1) is 0 Å². The van der Waals surface area contributed by atoms with Gasteiger partial charge in [-0.1, -0.05) is 55.8 Å². The summed E-state index contributed by atoms with van der Waals surface area (Å²) in [6, 6.07) is 17.0. The van der Waals surface area contributed by atoms with E-state index >= 15 is 0 Å². The molecule has 1 N–H and O–H groups in total. The van der Waals surface area contributed by atoms with Gasteiger partial charge in [-0.3, -0.25) is 0 Å². The van der Waals surface area contributed by atoms with Crippen molar-refractivity contribution in [3.8, 4) is 0 Å². The van der Waals surface area contributed by atoms with Crippen molar-refractivity contribution in [3.63, 3.8) is 0 Å². The molecule has 0 radical (unpaired) electrons. The van der Waals surface area contributed by atoms with Crippen molar-refractivity contribution in [1.29, 1.82) is 0 Å². The molecule has 0 aromatic heterocycles. The smallest absolute Gasteiger partial charge is 0.146 e. The number of likely N-dealkylation sites (N-methyl/N-ethyl adjacent to an activating group) is 1. The third kappa shape index (κ3) is 2.79. The minimum Gasteiger partial charge on any atom is -0.370 e. The Hall–Kier alpha value is -2.06. The van der Waals surface area contributed by atoms with Crippen LogP contribution in [0.25, 0.3) is 5.57 Å². The Morgan fingerprint density at radius 2 is 1.77 bits per heavy atom. The van der Waals surface area contributed by atoms with Gasteiger partial charge in [0.05, 0.1) is 0 Å². The van der Waals surface area contributed by atoms with Crippen LogP contribution in [0.1, 0.15) is 36.5 Å². The van der Waals surface area contributed by atoms with E-state index in [1.165, 1.54) is 29.5 Å². The molecule has 1 atom stereocenters. The quantitative estimate of drug-likeness (QED) is 0.912. The summed E-state index contributed by atoms with van der Waals surface area (Å²) in [6.45, 7) is 2.22. The number of rotatable bonds is 4. The van der Waals surface area contributed by atoms with Gasteiger partial charge in [-0.2, -0.15) is 0 Å². The predicted molar refractivity (Wildman–Crippen MR) is 93.0 cm³/mol. The predicted octanol–water partition coefficient (Wildman–Crippen LogP) is 4.23. The van der Waals surface area contributed by atoms with Crippen LogP contribution in [0.15, 0.2) is 54.6 Å². The Bertz CT molecular complexity index is 672. The van der Waals surface area contributed by atoms with Gasteiger partial charge in [0, 0.05) is 18.3 Å². The van der Waals surface area contributed by atoms with E-state index in [4.69, 9.17) is 0 Å². The maximum Gasteiger partial charge on any atom is 0.146 e. The fraction of sp³-hybridized carbons (Fsp3) is 0.300. The summed E-state index contributed by atoms with van der Waals surface area (Å²) < 4.78 is 0. The van der Waals surface area contributed by atoms with Crippen LogP contribution in [-0.2, 0) is 6.42 Å². The Morgan fingerprint density at radius 1 is 1.05 bits per heavy atom. The van der Waals surface area contributed by atoms with Crippen molar-refractivity contribution >= 4 is 11.3 Å². The lowest BCUT2D eigenvalue weighted by Gasteiger charge is -2.31. The molecule has 22 heavy (non-hydrogen) atoms. The summed E-state index contributed by atoms with van der Waals surface area (Å²) >= 11 is 0. The van der Waals surface area contributed by atoms with Crippen molar-refractivity contribution < 1.29 is 5.11 Å². The molecule has 2 nitrogen and oxygen atoms in total. The maximum atomic E-state index is 10.3. The number of hydrogen-bond acceptors (Lipinski definition) is 2. The molecule has 0 spiro atoms. The van der Waals surface area contributed by atoms with E-state index in [1.807, 2.05) is 30.2 Å². The van der Waals surface area contributed by atoms with Gasteiger partial charge in [0.15, 0.2) is 0 Å². The highest BCUT2D eigenvalue weighted by atomic mass is 16.3. The van der Waals surface area contributed by atoms with E-state index in [-0.39, 0.29) is 0 Å². The van der Waals surface area contributed by atoms with Crippen molar-refractivity contribution in [3.05, 3.63) is 71.3 Å². The molecule has 0 saturated carbocycles. The van der Waals surface area contributed by atoms with Gasteiger partial charge in [0.25, 0.3) is 0 Å². The molecule has 0 bridgehead atoms. The Balaban J connectivity index is 1.95. The Morgan fingerprint density at radius 3 is 2.50 bits per heavy atom. The molecule has 1 heterocycles. The molecular weight excluding hydrogens is 270 g/mol. The summed E-state index contributed by atoms with van der Waals surface area (Å²) in [5.74, 6) is 0. The molecule has 0 saturated heterocycles. The Kier molecular flexibility index (Phi) is 4.30. The highest BCUT2D eigenvalue weighted by molar-refractivity contribution is 5.89. The van der Waals surface area contributed by atoms with E-state index < -0.39 is 6.23 Å². The number of aliphatic hydroxyl groups excluding tert-OH is 1. The molecule has 114 valence electrons. The van der Waals surface area contributed by atoms with Crippen molar-refractivity contribution in [2.24, 2.45) is 0 Å². The van der Waals surface area contributed by atoms with E-state index in [1.54, 1.807) is 0 Å². The molecular formula is C20H23NO. The van der Waals surface area contributed by atoms with E-state index in [2.05, 4.69) is 43.3 Å². The number of para-hydroxylation sites is 1. The molecule has 1 unspecified atom stereocenters. The standard InChI is InChI=1S/C20H23NO/c1-3-4-7-15-10-12-16(13-11-15)18-14-20(22)21(2)19-9-6-5-8-17(18)19/h5-6,8-14,20,22H,3-4,7H2,1-2H3. The fourth-order valence-corrected chi connectivity index (χ4v) is 2.99. The average Bonchev–Trinajstić information content (AvgIpc) is 2.57. The molecule has 1 aliphatic heterocycles. The first-order valence-electron chi connectivity index (χ1n) is 8.02. The van der Waals surface area contributed by atoms with Crippen molar-refractivity contribution in [2.45, 2.75) is 32.4 Å². The van der Waals surface area contributed by atoms with Gasteiger partial charge in [-0.25, -0.2) is 0 Å². The highest BCUT2D eigenvalue weighted by Gasteiger charge is 2.22. The number of fused-ring (bicyclic) bond motifs is 1. The third-order valence-corrected chi connectivity index (χ3v) is 4.37. The summed E-state index contributed by atoms with van der Waals surface area (Å²) in [7, 11) is 1.92. The molecule has 0 fully saturated rings. The first-order chi connectivity index (χ1) is 10.7. The van der Waals surface area contributed by atoms with Gasteiger partial charge in [0.1, 0.15) is 6.23 Å². The summed E-state index contributed by atoms with van der Waals surface area (Å²) in [5.41, 5.74) is 5.91. The monoisotopic (exact) mass is 293 g/mol. The first kappa shape index (κ1) is 14.9. The van der Waals surface area contributed by atoms with Crippen LogP contribution >= 0.6 is 0 Å². The largest absolute Gasteiger partial charge is 0.370 e. The van der Waals surface area contributed by atoms with Gasteiger partial charge < -0.3 is 10.0 Å². The third-order valence-electron chi connectivity index (χ3n) is 4.37. The number of hydrogen-bond donors (Lipinski definition) is 1. The average molecular weight is 293 g/mol. The van der Waals surface area contributed by atoms with Crippen LogP contribution in [0.5, 0.6) is 0 Å². The molecule has 2 aromatic carbocycles. The van der Waals surface area contributed by atoms with Crippen LogP contribution < -0.4 is 4.90 Å². The minimum atomic E-state index is -0.579. The molecule has 3 rings (SSSR count). The topological polar surface area (TPSA) is 23.5 Å². The normalized spacial score (nSPS) is 17.1. The molecule has 1 aliphatic rings. The zero-order chi connectivity index (χ0) is 15.5. The molecule has 0 aliphatic carbocycles. The maximum absolute atomic E-state index is 10.3. The second-order valence-corrected chi connectivity index (χ2v) is 5.92. The van der Waals surface area contributed by atoms with E-state index in [9.17, 15) is 5.11 Å². The second kappa shape index (κ2) is 6.37. The minimum absolute atomic E-state index is 0.579. The summed E-state index contributed by atoms with van der Waals surface area (Å²) in [4.78, 5) is 1.90. The number of unbranched alkanes of at least 4 members (excludes halogenated alkanes) is 1. The van der Waals surface area contributed by atoms with Gasteiger partial charge in [-0.05, 0) is 41.7 Å². The number of aryl methyl sites for hydroxylation is 1. The SMILES string of the molecule is CCCCc1ccc(C2=CC(O)N(C)c3ccccc32)cc1. The van der Waals surface area contributed by atoms with Crippen LogP contribution in [0.2, 0.25) is 0 Å². The molecule has 2 heteroatoms. The second-order valence-electron chi connectivity index (χ2n) is 5.92. The Labute approximate surface area is 132 Å². The zero-order valence-electron chi connectivity index (χ0n) is 13.3. The van der Waals surface area contributed by atoms with Crippen LogP contribution in [-0.4, -0.2) is 18.4 Å². The molecule has 0 amide bonds. The van der Waals surface area contributed by atoms with Gasteiger partial charge >= 0.3 is 0 Å². The number of anilines is 1. The lowest BCUT2D eigenvalue weighted by molar-refractivity contribution is 0.222. The van der Waals surface area contributed by atoms with Crippen LogP contribution in [0, 0.1) is 0 Å². The lowest BCUT2D eigenvalue weighted by atomic mass is 9.92. The van der Waals surface area contributed by atoms with Gasteiger partial charge in [0.2, 0.25) is 0 Å². The molecule has 2 aromatic rings. The summed E-state index contributed by atoms with van der Waals surface area (Å²) in [5, 5.41) is 10.3. The number of benzene rings is 2. The van der Waals surface area contributed by atoms with Crippen LogP contribution in [0.4, 0.5) is 5.69 Å². The van der Waals surface area contributed by atoms with E-state index in [0.29, 0.717) is 0 Å². The van der Waals surface area contributed by atoms with Crippen LogP contribution in [0.3, 0.4) is 0 Å². The number of nitrogens with zero attached hydrogens (tertiary/aromatic N) is 1. The lowest BCUT2D eigenvalue weighted by Crippen LogP contribution is -2.33. The van der Waals surface area contributed by atoms with E-state index in [0.717, 1.165) is 17.7 Å². The highest BCUT2D eigenvalue weighted by Crippen LogP contribution is 2.36. The fourth-order valence-electron chi connectivity index (χ4n) is 2.99. The first-order valence-corrected chi connectivity index (χ1v) is 8.02. The zero-order valence-corrected chi connectivity index (χ0v) is 13.3. The van der Waals surface area contributed by atoms with Crippen molar-refractivity contribution in [2.75, 3.05) is 11.9 Å². The van der Waals surface area contributed by atoms with Crippen molar-refractivity contribution in [1.82, 2.24) is 0 Å².